The first-order valence-corrected chi connectivity index (χ1v) is 13.1. The molecule has 0 spiro atoms. The van der Waals surface area contributed by atoms with E-state index < -0.39 is 0 Å². The minimum atomic E-state index is -0.0923. The van der Waals surface area contributed by atoms with E-state index in [1.807, 2.05) is 71.9 Å². The molecule has 9 nitrogen and oxygen atoms in total. The zero-order chi connectivity index (χ0) is 26.4. The molecule has 0 atom stereocenters. The van der Waals surface area contributed by atoms with Crippen LogP contribution in [0.15, 0.2) is 95.3 Å². The van der Waals surface area contributed by atoms with E-state index in [2.05, 4.69) is 47.5 Å². The maximum atomic E-state index is 12.5. The van der Waals surface area contributed by atoms with Crippen LogP contribution >= 0.6 is 45.2 Å². The summed E-state index contributed by atoms with van der Waals surface area (Å²) in [7, 11) is 3.94. The summed E-state index contributed by atoms with van der Waals surface area (Å²) in [6, 6.07) is 14.9. The monoisotopic (exact) mass is 717 g/mol. The smallest absolute Gasteiger partial charge is 0.268 e. The number of hydrogen-bond acceptors (Lipinski definition) is 7. The minimum absolute atomic E-state index is 0.0545. The molecule has 0 unspecified atom stereocenters. The third-order valence-corrected chi connectivity index (χ3v) is 6.68. The highest BCUT2D eigenvalue weighted by molar-refractivity contribution is 14.1. The number of anilines is 1. The van der Waals surface area contributed by atoms with Gasteiger partial charge in [0, 0.05) is 68.1 Å². The SMILES string of the molecule is CN(C)c1cccc(-n2cc(-c3ncccn3)cc(I)c2=O)c1.O=c1[nH]cc(-c2ncccn2)cc1I. The summed E-state index contributed by atoms with van der Waals surface area (Å²) in [5.74, 6) is 1.21. The van der Waals surface area contributed by atoms with Crippen LogP contribution in [0, 0.1) is 7.14 Å². The lowest BCUT2D eigenvalue weighted by Gasteiger charge is -2.15. The Kier molecular flexibility index (Phi) is 8.76. The Morgan fingerprint density at radius 3 is 1.97 bits per heavy atom. The van der Waals surface area contributed by atoms with Crippen LogP contribution in [0.5, 0.6) is 0 Å². The van der Waals surface area contributed by atoms with Gasteiger partial charge in [-0.05, 0) is 87.6 Å². The lowest BCUT2D eigenvalue weighted by Crippen LogP contribution is -2.21. The van der Waals surface area contributed by atoms with Crippen molar-refractivity contribution in [1.82, 2.24) is 29.5 Å². The normalized spacial score (nSPS) is 10.4. The van der Waals surface area contributed by atoms with Crippen molar-refractivity contribution in [2.45, 2.75) is 0 Å². The van der Waals surface area contributed by atoms with Crippen LogP contribution in [0.2, 0.25) is 0 Å². The topological polar surface area (TPSA) is 110 Å². The van der Waals surface area contributed by atoms with Crippen molar-refractivity contribution >= 4 is 50.9 Å². The largest absolute Gasteiger partial charge is 0.378 e. The number of halogens is 2. The number of hydrogen-bond donors (Lipinski definition) is 1. The fourth-order valence-corrected chi connectivity index (χ4v) is 4.35. The van der Waals surface area contributed by atoms with Crippen molar-refractivity contribution in [2.75, 3.05) is 19.0 Å². The van der Waals surface area contributed by atoms with E-state index in [-0.39, 0.29) is 11.1 Å². The maximum absolute atomic E-state index is 12.5. The van der Waals surface area contributed by atoms with Gasteiger partial charge in [-0.1, -0.05) is 6.07 Å². The standard InChI is InChI=1S/C17H15IN4O.C9H6IN3O/c1-21(2)13-5-3-6-14(10-13)22-11-12(9-15(18)17(22)23)16-19-7-4-8-20-16;10-7-4-6(5-13-9(7)14)8-11-2-1-3-12-8/h3-11H,1-2H3;1-5H,(H,13,14). The number of aromatic amines is 1. The number of benzene rings is 1. The average molecular weight is 717 g/mol. The van der Waals surface area contributed by atoms with Crippen LogP contribution in [0.25, 0.3) is 28.5 Å². The molecule has 0 saturated heterocycles. The molecule has 1 N–H and O–H groups in total. The van der Waals surface area contributed by atoms with Crippen molar-refractivity contribution < 1.29 is 0 Å². The molecule has 0 radical (unpaired) electrons. The molecule has 0 fully saturated rings. The van der Waals surface area contributed by atoms with Gasteiger partial charge >= 0.3 is 0 Å². The van der Waals surface area contributed by atoms with Crippen LogP contribution in [0.1, 0.15) is 0 Å². The van der Waals surface area contributed by atoms with E-state index in [0.29, 0.717) is 18.8 Å². The predicted molar refractivity (Wildman–Crippen MR) is 161 cm³/mol. The molecule has 37 heavy (non-hydrogen) atoms. The van der Waals surface area contributed by atoms with Gasteiger partial charge in [-0.25, -0.2) is 19.9 Å². The van der Waals surface area contributed by atoms with Crippen molar-refractivity contribution in [2.24, 2.45) is 0 Å². The van der Waals surface area contributed by atoms with Gasteiger partial charge in [-0.2, -0.15) is 0 Å². The molecule has 186 valence electrons. The molecule has 0 saturated carbocycles. The molecular weight excluding hydrogens is 696 g/mol. The molecule has 5 aromatic rings. The van der Waals surface area contributed by atoms with Gasteiger partial charge in [0.2, 0.25) is 0 Å². The fourth-order valence-electron chi connectivity index (χ4n) is 3.26. The summed E-state index contributed by atoms with van der Waals surface area (Å²) in [6.07, 6.45) is 10.1. The molecule has 0 bridgehead atoms. The lowest BCUT2D eigenvalue weighted by atomic mass is 10.2. The van der Waals surface area contributed by atoms with Gasteiger partial charge in [0.15, 0.2) is 11.6 Å². The molecular formula is C26H21I2N7O2. The first-order valence-electron chi connectivity index (χ1n) is 11.0. The molecule has 11 heteroatoms. The quantitative estimate of drug-likeness (QED) is 0.275. The summed E-state index contributed by atoms with van der Waals surface area (Å²) in [5, 5.41) is 0. The van der Waals surface area contributed by atoms with Crippen LogP contribution in [0.3, 0.4) is 0 Å². The second kappa shape index (κ2) is 12.2. The summed E-state index contributed by atoms with van der Waals surface area (Å²) in [5.41, 5.74) is 3.33. The first-order chi connectivity index (χ1) is 17.8. The van der Waals surface area contributed by atoms with Gasteiger partial charge in [0.05, 0.1) is 12.8 Å². The number of nitrogens with zero attached hydrogens (tertiary/aromatic N) is 6. The Morgan fingerprint density at radius 1 is 0.784 bits per heavy atom. The number of H-pyrrole nitrogens is 1. The fraction of sp³-hybridized carbons (Fsp3) is 0.0769. The summed E-state index contributed by atoms with van der Waals surface area (Å²) in [4.78, 5) is 45.0. The van der Waals surface area contributed by atoms with E-state index in [1.165, 1.54) is 0 Å². The Balaban J connectivity index is 0.000000195. The van der Waals surface area contributed by atoms with Gasteiger partial charge < -0.3 is 9.88 Å². The summed E-state index contributed by atoms with van der Waals surface area (Å²) >= 11 is 4.03. The van der Waals surface area contributed by atoms with Crippen molar-refractivity contribution in [3.8, 4) is 28.5 Å². The highest BCUT2D eigenvalue weighted by Crippen LogP contribution is 2.20. The molecule has 0 amide bonds. The maximum Gasteiger partial charge on any atom is 0.268 e. The second-order valence-electron chi connectivity index (χ2n) is 7.88. The molecule has 4 heterocycles. The Bertz CT molecular complexity index is 1620. The van der Waals surface area contributed by atoms with Crippen LogP contribution in [-0.2, 0) is 0 Å². The van der Waals surface area contributed by atoms with E-state index in [4.69, 9.17) is 0 Å². The van der Waals surface area contributed by atoms with Gasteiger partial charge in [-0.15, -0.1) is 0 Å². The Labute approximate surface area is 240 Å². The number of nitrogens with one attached hydrogen (secondary N) is 1. The van der Waals surface area contributed by atoms with Crippen molar-refractivity contribution in [3.05, 3.63) is 114 Å². The molecule has 1 aromatic carbocycles. The van der Waals surface area contributed by atoms with Crippen LogP contribution in [-0.4, -0.2) is 43.6 Å². The van der Waals surface area contributed by atoms with Gasteiger partial charge in [0.1, 0.15) is 0 Å². The third kappa shape index (κ3) is 6.65. The molecule has 0 aliphatic carbocycles. The van der Waals surface area contributed by atoms with Crippen molar-refractivity contribution in [3.63, 3.8) is 0 Å². The molecule has 4 aromatic heterocycles. The number of aromatic nitrogens is 6. The Hall–Kier alpha value is -3.46. The zero-order valence-electron chi connectivity index (χ0n) is 19.8. The zero-order valence-corrected chi connectivity index (χ0v) is 24.2. The van der Waals surface area contributed by atoms with E-state index >= 15 is 0 Å². The van der Waals surface area contributed by atoms with Crippen LogP contribution in [0.4, 0.5) is 5.69 Å². The molecule has 5 rings (SSSR count). The van der Waals surface area contributed by atoms with E-state index in [1.54, 1.807) is 59.9 Å². The summed E-state index contributed by atoms with van der Waals surface area (Å²) < 4.78 is 2.90. The highest BCUT2D eigenvalue weighted by atomic mass is 127. The molecule has 0 aliphatic rings. The average Bonchev–Trinajstić information content (AvgIpc) is 2.93. The highest BCUT2D eigenvalue weighted by Gasteiger charge is 2.10. The second-order valence-corrected chi connectivity index (χ2v) is 10.2. The lowest BCUT2D eigenvalue weighted by molar-refractivity contribution is 0.972. The van der Waals surface area contributed by atoms with Crippen LogP contribution < -0.4 is 16.0 Å². The number of pyridine rings is 2. The van der Waals surface area contributed by atoms with Crippen molar-refractivity contribution in [1.29, 1.82) is 0 Å². The first kappa shape index (κ1) is 26.6. The van der Waals surface area contributed by atoms with E-state index in [0.717, 1.165) is 22.5 Å². The predicted octanol–water partition coefficient (Wildman–Crippen LogP) is 4.40. The third-order valence-electron chi connectivity index (χ3n) is 5.10. The van der Waals surface area contributed by atoms with E-state index in [9.17, 15) is 9.59 Å². The van der Waals surface area contributed by atoms with Gasteiger partial charge in [0.25, 0.3) is 11.1 Å². The Morgan fingerprint density at radius 2 is 1.38 bits per heavy atom. The summed E-state index contributed by atoms with van der Waals surface area (Å²) in [6.45, 7) is 0. The van der Waals surface area contributed by atoms with Gasteiger partial charge in [-0.3, -0.25) is 14.2 Å². The number of rotatable bonds is 4. The minimum Gasteiger partial charge on any atom is -0.378 e. The molecule has 0 aliphatic heterocycles.